The summed E-state index contributed by atoms with van der Waals surface area (Å²) in [6, 6.07) is 7.13. The van der Waals surface area contributed by atoms with E-state index in [9.17, 15) is 9.59 Å². The van der Waals surface area contributed by atoms with Crippen LogP contribution in [0.25, 0.3) is 0 Å². The van der Waals surface area contributed by atoms with Crippen LogP contribution >= 0.6 is 23.5 Å². The molecule has 0 aromatic heterocycles. The summed E-state index contributed by atoms with van der Waals surface area (Å²) < 4.78 is 0.326. The number of carbonyl (C=O) groups excluding carboxylic acids is 2. The van der Waals surface area contributed by atoms with Crippen molar-refractivity contribution in [2.75, 3.05) is 11.5 Å². The van der Waals surface area contributed by atoms with Crippen LogP contribution in [0.3, 0.4) is 0 Å². The van der Waals surface area contributed by atoms with Crippen molar-refractivity contribution in [1.29, 1.82) is 0 Å². The van der Waals surface area contributed by atoms with Gasteiger partial charge in [0.15, 0.2) is 0 Å². The van der Waals surface area contributed by atoms with Gasteiger partial charge in [0.2, 0.25) is 0 Å². The van der Waals surface area contributed by atoms with Gasteiger partial charge in [0.05, 0.1) is 21.8 Å². The molecule has 3 nitrogen and oxygen atoms in total. The molecular formula is C14H15NO2S2. The molecule has 1 aromatic rings. The van der Waals surface area contributed by atoms with Gasteiger partial charge in [-0.15, -0.1) is 23.5 Å². The molecule has 19 heavy (non-hydrogen) atoms. The lowest BCUT2D eigenvalue weighted by molar-refractivity contribution is 0.0591. The fourth-order valence-corrected chi connectivity index (χ4v) is 5.87. The van der Waals surface area contributed by atoms with E-state index in [2.05, 4.69) is 0 Å². The highest BCUT2D eigenvalue weighted by Gasteiger charge is 2.42. The minimum Gasteiger partial charge on any atom is -0.269 e. The van der Waals surface area contributed by atoms with Crippen LogP contribution in [0.2, 0.25) is 0 Å². The van der Waals surface area contributed by atoms with E-state index in [1.807, 2.05) is 42.6 Å². The molecule has 2 aliphatic rings. The van der Waals surface area contributed by atoms with E-state index in [0.717, 1.165) is 17.9 Å². The molecule has 2 heterocycles. The first-order valence-electron chi connectivity index (χ1n) is 6.44. The zero-order valence-corrected chi connectivity index (χ0v) is 12.3. The Morgan fingerprint density at radius 2 is 1.68 bits per heavy atom. The van der Waals surface area contributed by atoms with Crippen molar-refractivity contribution in [3.63, 3.8) is 0 Å². The number of thioether (sulfide) groups is 2. The summed E-state index contributed by atoms with van der Waals surface area (Å²) >= 11 is 3.72. The molecule has 2 amide bonds. The van der Waals surface area contributed by atoms with Gasteiger partial charge in [-0.25, -0.2) is 0 Å². The van der Waals surface area contributed by atoms with Crippen LogP contribution in [-0.4, -0.2) is 38.8 Å². The highest BCUT2D eigenvalue weighted by atomic mass is 32.2. The van der Waals surface area contributed by atoms with Crippen molar-refractivity contribution in [1.82, 2.24) is 4.90 Å². The molecule has 1 fully saturated rings. The number of benzene rings is 1. The Kier molecular flexibility index (Phi) is 3.58. The van der Waals surface area contributed by atoms with Gasteiger partial charge in [0.25, 0.3) is 11.8 Å². The summed E-state index contributed by atoms with van der Waals surface area (Å²) in [5.74, 6) is 1.96. The molecule has 100 valence electrons. The Hall–Kier alpha value is -0.940. The smallest absolute Gasteiger partial charge is 0.261 e. The number of imide groups is 1. The molecule has 0 radical (unpaired) electrons. The average Bonchev–Trinajstić information content (AvgIpc) is 3.04. The van der Waals surface area contributed by atoms with Crippen molar-refractivity contribution < 1.29 is 9.59 Å². The Morgan fingerprint density at radius 1 is 1.16 bits per heavy atom. The highest BCUT2D eigenvalue weighted by Crippen LogP contribution is 2.39. The van der Waals surface area contributed by atoms with Crippen molar-refractivity contribution in [2.24, 2.45) is 0 Å². The van der Waals surface area contributed by atoms with Crippen LogP contribution in [0.4, 0.5) is 0 Å². The number of hydrogen-bond acceptors (Lipinski definition) is 4. The van der Waals surface area contributed by atoms with Crippen molar-refractivity contribution in [2.45, 2.75) is 24.0 Å². The lowest BCUT2D eigenvalue weighted by Gasteiger charge is -2.29. The Morgan fingerprint density at radius 3 is 2.16 bits per heavy atom. The fraction of sp³-hybridized carbons (Fsp3) is 0.429. The van der Waals surface area contributed by atoms with Gasteiger partial charge in [-0.2, -0.15) is 0 Å². The normalized spacial score (nSPS) is 21.0. The molecule has 1 aromatic carbocycles. The van der Waals surface area contributed by atoms with Crippen LogP contribution in [0.1, 0.15) is 34.1 Å². The molecule has 5 heteroatoms. The first kappa shape index (κ1) is 13.1. The van der Waals surface area contributed by atoms with Gasteiger partial charge in [0.1, 0.15) is 0 Å². The van der Waals surface area contributed by atoms with E-state index in [-0.39, 0.29) is 17.9 Å². The molecular weight excluding hydrogens is 278 g/mol. The maximum atomic E-state index is 12.5. The molecule has 2 aliphatic heterocycles. The standard InChI is InChI=1S/C14H15NO2S2/c1-2-11(14-18-7-8-19-14)15-12(16)9-5-3-4-6-10(9)13(15)17/h3-6,11,14H,2,7-8H2,1H3/t11-/m1/s1. The zero-order chi connectivity index (χ0) is 13.4. The minimum absolute atomic E-state index is 0.00454. The molecule has 3 rings (SSSR count). The maximum absolute atomic E-state index is 12.5. The Labute approximate surface area is 121 Å². The van der Waals surface area contributed by atoms with Crippen molar-refractivity contribution in [3.8, 4) is 0 Å². The lowest BCUT2D eigenvalue weighted by atomic mass is 10.1. The van der Waals surface area contributed by atoms with Gasteiger partial charge in [0, 0.05) is 11.5 Å². The number of fused-ring (bicyclic) bond motifs is 1. The van der Waals surface area contributed by atoms with Crippen LogP contribution in [0.5, 0.6) is 0 Å². The molecule has 1 atom stereocenters. The van der Waals surface area contributed by atoms with E-state index < -0.39 is 0 Å². The van der Waals surface area contributed by atoms with Crippen molar-refractivity contribution in [3.05, 3.63) is 35.4 Å². The summed E-state index contributed by atoms with van der Waals surface area (Å²) in [6.45, 7) is 2.05. The molecule has 0 aliphatic carbocycles. The predicted octanol–water partition coefficient (Wildman–Crippen LogP) is 2.87. The molecule has 0 N–H and O–H groups in total. The largest absolute Gasteiger partial charge is 0.269 e. The Bertz CT molecular complexity index is 491. The summed E-state index contributed by atoms with van der Waals surface area (Å²) in [4.78, 5) is 26.4. The van der Waals surface area contributed by atoms with Crippen molar-refractivity contribution >= 4 is 35.3 Å². The number of hydrogen-bond donors (Lipinski definition) is 0. The van der Waals surface area contributed by atoms with Crippen LogP contribution in [0, 0.1) is 0 Å². The van der Waals surface area contributed by atoms with E-state index >= 15 is 0 Å². The predicted molar refractivity (Wildman–Crippen MR) is 79.7 cm³/mol. The average molecular weight is 293 g/mol. The second kappa shape index (κ2) is 5.21. The van der Waals surface area contributed by atoms with Gasteiger partial charge < -0.3 is 0 Å². The van der Waals surface area contributed by atoms with Crippen LogP contribution in [-0.2, 0) is 0 Å². The molecule has 0 spiro atoms. The number of rotatable bonds is 3. The monoisotopic (exact) mass is 293 g/mol. The van der Waals surface area contributed by atoms with E-state index in [4.69, 9.17) is 0 Å². The second-order valence-electron chi connectivity index (χ2n) is 4.61. The Balaban J connectivity index is 1.93. The number of nitrogens with zero attached hydrogens (tertiary/aromatic N) is 1. The van der Waals surface area contributed by atoms with Gasteiger partial charge in [-0.1, -0.05) is 19.1 Å². The number of carbonyl (C=O) groups is 2. The molecule has 0 unspecified atom stereocenters. The lowest BCUT2D eigenvalue weighted by Crippen LogP contribution is -2.44. The third kappa shape index (κ3) is 2.09. The summed E-state index contributed by atoms with van der Waals surface area (Å²) in [7, 11) is 0. The molecule has 0 bridgehead atoms. The molecule has 1 saturated heterocycles. The zero-order valence-electron chi connectivity index (χ0n) is 10.7. The first-order chi connectivity index (χ1) is 9.24. The topological polar surface area (TPSA) is 37.4 Å². The van der Waals surface area contributed by atoms with E-state index in [0.29, 0.717) is 15.7 Å². The van der Waals surface area contributed by atoms with E-state index in [1.54, 1.807) is 12.1 Å². The molecule has 0 saturated carbocycles. The number of amides is 2. The highest BCUT2D eigenvalue weighted by molar-refractivity contribution is 8.20. The minimum atomic E-state index is -0.124. The fourth-order valence-electron chi connectivity index (χ4n) is 2.60. The summed E-state index contributed by atoms with van der Waals surface area (Å²) in [5, 5.41) is 0. The van der Waals surface area contributed by atoms with Gasteiger partial charge >= 0.3 is 0 Å². The van der Waals surface area contributed by atoms with Gasteiger partial charge in [-0.3, -0.25) is 14.5 Å². The van der Waals surface area contributed by atoms with Crippen LogP contribution in [0.15, 0.2) is 24.3 Å². The third-order valence-corrected chi connectivity index (χ3v) is 6.78. The maximum Gasteiger partial charge on any atom is 0.261 e. The van der Waals surface area contributed by atoms with Gasteiger partial charge in [-0.05, 0) is 18.6 Å². The summed E-state index contributed by atoms with van der Waals surface area (Å²) in [5.41, 5.74) is 1.11. The van der Waals surface area contributed by atoms with Crippen LogP contribution < -0.4 is 0 Å². The first-order valence-corrected chi connectivity index (χ1v) is 8.54. The van der Waals surface area contributed by atoms with E-state index in [1.165, 1.54) is 4.90 Å². The quantitative estimate of drug-likeness (QED) is 0.803. The second-order valence-corrected chi connectivity index (χ2v) is 7.41. The SMILES string of the molecule is CC[C@H](C1SCCS1)N1C(=O)c2ccccc2C1=O. The summed E-state index contributed by atoms with van der Waals surface area (Å²) in [6.07, 6.45) is 0.816. The third-order valence-electron chi connectivity index (χ3n) is 3.54.